The van der Waals surface area contributed by atoms with Gasteiger partial charge in [-0.1, -0.05) is 23.7 Å². The topological polar surface area (TPSA) is 76.4 Å². The fourth-order valence-electron chi connectivity index (χ4n) is 2.97. The van der Waals surface area contributed by atoms with E-state index in [1.165, 1.54) is 0 Å². The number of amides is 1. The van der Waals surface area contributed by atoms with Gasteiger partial charge in [0.2, 0.25) is 5.91 Å². The predicted octanol–water partition coefficient (Wildman–Crippen LogP) is 3.78. The van der Waals surface area contributed by atoms with Crippen LogP contribution in [0.4, 0.5) is 0 Å². The summed E-state index contributed by atoms with van der Waals surface area (Å²) >= 11 is 5.97. The van der Waals surface area contributed by atoms with Crippen LogP contribution in [-0.4, -0.2) is 34.1 Å². The van der Waals surface area contributed by atoms with E-state index in [4.69, 9.17) is 21.5 Å². The maximum absolute atomic E-state index is 11.7. The van der Waals surface area contributed by atoms with Crippen molar-refractivity contribution < 1.29 is 14.7 Å². The lowest BCUT2D eigenvalue weighted by Gasteiger charge is -2.27. The Morgan fingerprint density at radius 2 is 1.96 bits per heavy atom. The Morgan fingerprint density at radius 1 is 1.31 bits per heavy atom. The number of nitrogens with one attached hydrogen (secondary N) is 1. The van der Waals surface area contributed by atoms with Crippen LogP contribution in [-0.2, 0) is 16.0 Å². The highest BCUT2D eigenvalue weighted by Crippen LogP contribution is 2.30. The van der Waals surface area contributed by atoms with Crippen molar-refractivity contribution in [2.75, 3.05) is 7.11 Å². The number of aromatic nitrogens is 2. The standard InChI is InChI=1S/C18H24ClN3O3.ClH/c1-12(2)22-16(8-9-20-22)15(17(25-3)11-18(23)21-24)10-13-4-6-14(19)7-5-13;/h4-9,12,15,17,24H,10-11H2,1-3H3,(H,21,23);1H/t15-,17-;/m1./s1. The Hall–Kier alpha value is -1.60. The van der Waals surface area contributed by atoms with Crippen LogP contribution in [0.2, 0.25) is 5.02 Å². The molecular formula is C18H25Cl2N3O3. The highest BCUT2D eigenvalue weighted by atomic mass is 35.5. The normalized spacial score (nSPS) is 13.2. The lowest BCUT2D eigenvalue weighted by Crippen LogP contribution is -2.32. The fraction of sp³-hybridized carbons (Fsp3) is 0.444. The third kappa shape index (κ3) is 5.71. The first-order valence-electron chi connectivity index (χ1n) is 8.19. The van der Waals surface area contributed by atoms with E-state index in [-0.39, 0.29) is 30.8 Å². The number of hydrogen-bond donors (Lipinski definition) is 2. The van der Waals surface area contributed by atoms with Crippen molar-refractivity contribution >= 4 is 29.9 Å². The summed E-state index contributed by atoms with van der Waals surface area (Å²) in [5, 5.41) is 13.9. The smallest absolute Gasteiger partial charge is 0.245 e. The summed E-state index contributed by atoms with van der Waals surface area (Å²) in [6.07, 6.45) is 2.06. The van der Waals surface area contributed by atoms with Crippen molar-refractivity contribution in [3.05, 3.63) is 52.8 Å². The van der Waals surface area contributed by atoms with E-state index in [0.29, 0.717) is 11.4 Å². The molecule has 2 rings (SSSR count). The highest BCUT2D eigenvalue weighted by Gasteiger charge is 2.29. The molecule has 2 aromatic rings. The summed E-state index contributed by atoms with van der Waals surface area (Å²) < 4.78 is 7.53. The number of hydroxylamine groups is 1. The number of methoxy groups -OCH3 is 1. The number of nitrogens with zero attached hydrogens (tertiary/aromatic N) is 2. The molecule has 0 fully saturated rings. The maximum atomic E-state index is 11.7. The van der Waals surface area contributed by atoms with Crippen molar-refractivity contribution in [3.8, 4) is 0 Å². The van der Waals surface area contributed by atoms with Gasteiger partial charge in [-0.3, -0.25) is 14.7 Å². The minimum atomic E-state index is -0.483. The van der Waals surface area contributed by atoms with Gasteiger partial charge in [-0.15, -0.1) is 12.4 Å². The Morgan fingerprint density at radius 3 is 2.50 bits per heavy atom. The van der Waals surface area contributed by atoms with Gasteiger partial charge in [0.05, 0.1) is 12.5 Å². The number of carbonyl (C=O) groups is 1. The van der Waals surface area contributed by atoms with Gasteiger partial charge in [-0.2, -0.15) is 5.10 Å². The van der Waals surface area contributed by atoms with Crippen molar-refractivity contribution in [2.45, 2.75) is 44.8 Å². The minimum Gasteiger partial charge on any atom is -0.380 e. The molecule has 0 saturated heterocycles. The largest absolute Gasteiger partial charge is 0.380 e. The summed E-state index contributed by atoms with van der Waals surface area (Å²) in [5.74, 6) is -0.586. The average Bonchev–Trinajstić information content (AvgIpc) is 3.09. The number of hydrogen-bond acceptors (Lipinski definition) is 4. The van der Waals surface area contributed by atoms with Gasteiger partial charge in [0.15, 0.2) is 0 Å². The zero-order chi connectivity index (χ0) is 18.4. The third-order valence-corrected chi connectivity index (χ3v) is 4.45. The van der Waals surface area contributed by atoms with Gasteiger partial charge in [-0.05, 0) is 44.0 Å². The molecule has 26 heavy (non-hydrogen) atoms. The van der Waals surface area contributed by atoms with Crippen LogP contribution < -0.4 is 5.48 Å². The fourth-order valence-corrected chi connectivity index (χ4v) is 3.09. The van der Waals surface area contributed by atoms with E-state index in [9.17, 15) is 4.79 Å². The monoisotopic (exact) mass is 401 g/mol. The van der Waals surface area contributed by atoms with Crippen LogP contribution in [0.25, 0.3) is 0 Å². The maximum Gasteiger partial charge on any atom is 0.245 e. The summed E-state index contributed by atoms with van der Waals surface area (Å²) in [6, 6.07) is 9.74. The third-order valence-electron chi connectivity index (χ3n) is 4.20. The van der Waals surface area contributed by atoms with Crippen molar-refractivity contribution in [1.29, 1.82) is 0 Å². The van der Waals surface area contributed by atoms with Gasteiger partial charge in [0, 0.05) is 36.0 Å². The minimum absolute atomic E-state index is 0. The Labute approximate surface area is 164 Å². The first-order valence-corrected chi connectivity index (χ1v) is 8.57. The van der Waals surface area contributed by atoms with Crippen molar-refractivity contribution in [1.82, 2.24) is 15.3 Å². The molecule has 0 spiro atoms. The van der Waals surface area contributed by atoms with E-state index in [1.54, 1.807) is 18.8 Å². The van der Waals surface area contributed by atoms with E-state index >= 15 is 0 Å². The summed E-state index contributed by atoms with van der Waals surface area (Å²) in [6.45, 7) is 4.11. The molecule has 2 atom stereocenters. The van der Waals surface area contributed by atoms with E-state index in [1.807, 2.05) is 35.0 Å². The summed E-state index contributed by atoms with van der Waals surface area (Å²) in [7, 11) is 1.57. The molecule has 2 N–H and O–H groups in total. The predicted molar refractivity (Wildman–Crippen MR) is 103 cm³/mol. The van der Waals surface area contributed by atoms with Crippen LogP contribution in [0, 0.1) is 0 Å². The number of halogens is 2. The van der Waals surface area contributed by atoms with Gasteiger partial charge >= 0.3 is 0 Å². The molecule has 6 nitrogen and oxygen atoms in total. The Balaban J connectivity index is 0.00000338. The molecule has 1 aromatic heterocycles. The van der Waals surface area contributed by atoms with Gasteiger partial charge < -0.3 is 4.74 Å². The first-order chi connectivity index (χ1) is 12.0. The molecule has 0 aliphatic rings. The number of rotatable bonds is 8. The number of ether oxygens (including phenoxy) is 1. The van der Waals surface area contributed by atoms with E-state index < -0.39 is 12.0 Å². The second-order valence-corrected chi connectivity index (χ2v) is 6.68. The van der Waals surface area contributed by atoms with E-state index in [2.05, 4.69) is 18.9 Å². The van der Waals surface area contributed by atoms with Crippen LogP contribution >= 0.6 is 24.0 Å². The molecule has 0 radical (unpaired) electrons. The first kappa shape index (κ1) is 22.4. The molecule has 0 aliphatic heterocycles. The zero-order valence-electron chi connectivity index (χ0n) is 15.1. The zero-order valence-corrected chi connectivity index (χ0v) is 16.6. The van der Waals surface area contributed by atoms with Crippen LogP contribution in [0.15, 0.2) is 36.5 Å². The Kier molecular flexibility index (Phi) is 9.08. The van der Waals surface area contributed by atoms with Crippen LogP contribution in [0.3, 0.4) is 0 Å². The van der Waals surface area contributed by atoms with Crippen molar-refractivity contribution in [2.24, 2.45) is 0 Å². The quantitative estimate of drug-likeness (QED) is 0.521. The highest BCUT2D eigenvalue weighted by molar-refractivity contribution is 6.30. The molecule has 0 unspecified atom stereocenters. The summed E-state index contributed by atoms with van der Waals surface area (Å²) in [5.41, 5.74) is 3.75. The molecule has 1 amide bonds. The molecule has 1 heterocycles. The van der Waals surface area contributed by atoms with Crippen LogP contribution in [0.1, 0.15) is 43.5 Å². The second kappa shape index (κ2) is 10.5. The molecular weight excluding hydrogens is 377 g/mol. The second-order valence-electron chi connectivity index (χ2n) is 6.24. The lowest BCUT2D eigenvalue weighted by molar-refractivity contribution is -0.132. The van der Waals surface area contributed by atoms with Crippen molar-refractivity contribution in [3.63, 3.8) is 0 Å². The number of benzene rings is 1. The molecule has 144 valence electrons. The number of carbonyl (C=O) groups excluding carboxylic acids is 1. The lowest BCUT2D eigenvalue weighted by atomic mass is 9.88. The molecule has 1 aromatic carbocycles. The van der Waals surface area contributed by atoms with Gasteiger partial charge in [-0.25, -0.2) is 5.48 Å². The molecule has 0 aliphatic carbocycles. The molecule has 0 saturated carbocycles. The van der Waals surface area contributed by atoms with E-state index in [0.717, 1.165) is 11.3 Å². The SMILES string of the molecule is CO[C@H](CC(=O)NO)[C@H](Cc1ccc(Cl)cc1)c1ccnn1C(C)C.Cl. The summed E-state index contributed by atoms with van der Waals surface area (Å²) in [4.78, 5) is 11.7. The average molecular weight is 402 g/mol. The Bertz CT molecular complexity index is 689. The van der Waals surface area contributed by atoms with Gasteiger partial charge in [0.1, 0.15) is 0 Å². The molecule has 8 heteroatoms. The van der Waals surface area contributed by atoms with Gasteiger partial charge in [0.25, 0.3) is 0 Å². The van der Waals surface area contributed by atoms with Crippen LogP contribution in [0.5, 0.6) is 0 Å². The molecule has 0 bridgehead atoms.